The maximum atomic E-state index is 11.6. The standard InChI is InChI=1S/C11H10O4/c1-5-3-8(13)10-9(15-5)4-7(12)6(2)11(10)14/h3-4,12,14H,1-2H3. The van der Waals surface area contributed by atoms with Crippen LogP contribution in [0.3, 0.4) is 0 Å². The molecule has 0 atom stereocenters. The molecule has 4 nitrogen and oxygen atoms in total. The first-order chi connectivity index (χ1) is 7.00. The number of rotatable bonds is 0. The first-order valence-corrected chi connectivity index (χ1v) is 4.46. The van der Waals surface area contributed by atoms with E-state index in [4.69, 9.17) is 4.42 Å². The van der Waals surface area contributed by atoms with Crippen LogP contribution in [0.5, 0.6) is 11.5 Å². The first kappa shape index (κ1) is 9.58. The van der Waals surface area contributed by atoms with Gasteiger partial charge in [0.1, 0.15) is 28.2 Å². The Morgan fingerprint density at radius 3 is 2.53 bits per heavy atom. The Balaban J connectivity index is 3.06. The number of aryl methyl sites for hydroxylation is 1. The van der Waals surface area contributed by atoms with Crippen molar-refractivity contribution in [2.24, 2.45) is 0 Å². The minimum Gasteiger partial charge on any atom is -0.507 e. The second-order valence-electron chi connectivity index (χ2n) is 3.46. The lowest BCUT2D eigenvalue weighted by Gasteiger charge is -2.05. The van der Waals surface area contributed by atoms with E-state index >= 15 is 0 Å². The van der Waals surface area contributed by atoms with E-state index in [9.17, 15) is 15.0 Å². The molecule has 0 radical (unpaired) electrons. The molecule has 2 rings (SSSR count). The molecule has 0 saturated carbocycles. The fourth-order valence-corrected chi connectivity index (χ4v) is 1.51. The third-order valence-electron chi connectivity index (χ3n) is 2.34. The highest BCUT2D eigenvalue weighted by atomic mass is 16.3. The lowest BCUT2D eigenvalue weighted by molar-refractivity contribution is 0.444. The summed E-state index contributed by atoms with van der Waals surface area (Å²) in [7, 11) is 0. The van der Waals surface area contributed by atoms with Crippen molar-refractivity contribution in [3.8, 4) is 11.5 Å². The van der Waals surface area contributed by atoms with Crippen LogP contribution in [0.2, 0.25) is 0 Å². The maximum absolute atomic E-state index is 11.6. The average Bonchev–Trinajstić information content (AvgIpc) is 2.13. The maximum Gasteiger partial charge on any atom is 0.196 e. The van der Waals surface area contributed by atoms with Crippen molar-refractivity contribution >= 4 is 11.0 Å². The number of hydrogen-bond donors (Lipinski definition) is 2. The van der Waals surface area contributed by atoms with Crippen LogP contribution in [0.15, 0.2) is 21.3 Å². The molecule has 78 valence electrons. The van der Waals surface area contributed by atoms with Gasteiger partial charge < -0.3 is 14.6 Å². The van der Waals surface area contributed by atoms with Gasteiger partial charge >= 0.3 is 0 Å². The lowest BCUT2D eigenvalue weighted by Crippen LogP contribution is -2.01. The number of benzene rings is 1. The van der Waals surface area contributed by atoms with Gasteiger partial charge in [0.15, 0.2) is 5.43 Å². The smallest absolute Gasteiger partial charge is 0.196 e. The van der Waals surface area contributed by atoms with Crippen LogP contribution < -0.4 is 5.43 Å². The molecule has 0 bridgehead atoms. The normalized spacial score (nSPS) is 10.8. The third-order valence-corrected chi connectivity index (χ3v) is 2.34. The third kappa shape index (κ3) is 1.34. The molecular weight excluding hydrogens is 196 g/mol. The molecule has 2 N–H and O–H groups in total. The van der Waals surface area contributed by atoms with Gasteiger partial charge in [-0.05, 0) is 13.8 Å². The SMILES string of the molecule is Cc1cc(=O)c2c(O)c(C)c(O)cc2o1. The highest BCUT2D eigenvalue weighted by Gasteiger charge is 2.13. The van der Waals surface area contributed by atoms with Gasteiger partial charge in [-0.15, -0.1) is 0 Å². The average molecular weight is 206 g/mol. The number of fused-ring (bicyclic) bond motifs is 1. The van der Waals surface area contributed by atoms with Gasteiger partial charge in [-0.3, -0.25) is 4.79 Å². The van der Waals surface area contributed by atoms with E-state index < -0.39 is 0 Å². The van der Waals surface area contributed by atoms with Gasteiger partial charge in [0.25, 0.3) is 0 Å². The molecule has 2 aromatic rings. The van der Waals surface area contributed by atoms with E-state index in [0.717, 1.165) is 0 Å². The Kier molecular flexibility index (Phi) is 1.93. The van der Waals surface area contributed by atoms with Crippen molar-refractivity contribution in [2.45, 2.75) is 13.8 Å². The van der Waals surface area contributed by atoms with E-state index in [-0.39, 0.29) is 33.5 Å². The summed E-state index contributed by atoms with van der Waals surface area (Å²) in [5, 5.41) is 19.3. The first-order valence-electron chi connectivity index (χ1n) is 4.46. The van der Waals surface area contributed by atoms with Crippen LogP contribution in [0, 0.1) is 13.8 Å². The molecule has 0 fully saturated rings. The second kappa shape index (κ2) is 3.02. The Bertz CT molecular complexity index is 596. The monoisotopic (exact) mass is 206 g/mol. The Labute approximate surface area is 85.4 Å². The van der Waals surface area contributed by atoms with E-state index in [2.05, 4.69) is 0 Å². The topological polar surface area (TPSA) is 70.7 Å². The molecular formula is C11H10O4. The van der Waals surface area contributed by atoms with Gasteiger partial charge in [0.2, 0.25) is 0 Å². The minimum absolute atomic E-state index is 0.0891. The molecule has 0 aliphatic rings. The van der Waals surface area contributed by atoms with Crippen molar-refractivity contribution in [2.75, 3.05) is 0 Å². The summed E-state index contributed by atoms with van der Waals surface area (Å²) in [5.41, 5.74) is 0.161. The van der Waals surface area contributed by atoms with Gasteiger partial charge in [-0.1, -0.05) is 0 Å². The number of aromatic hydroxyl groups is 2. The van der Waals surface area contributed by atoms with E-state index in [0.29, 0.717) is 5.76 Å². The van der Waals surface area contributed by atoms with Crippen LogP contribution in [0.1, 0.15) is 11.3 Å². The summed E-state index contributed by atoms with van der Waals surface area (Å²) < 4.78 is 5.24. The predicted octanol–water partition coefficient (Wildman–Crippen LogP) is 1.82. The number of phenols is 2. The van der Waals surface area contributed by atoms with Gasteiger partial charge in [-0.2, -0.15) is 0 Å². The molecule has 1 aromatic carbocycles. The lowest BCUT2D eigenvalue weighted by atomic mass is 10.1. The van der Waals surface area contributed by atoms with Crippen LogP contribution in [0.4, 0.5) is 0 Å². The highest BCUT2D eigenvalue weighted by molar-refractivity contribution is 5.86. The zero-order chi connectivity index (χ0) is 11.2. The minimum atomic E-state index is -0.311. The summed E-state index contributed by atoms with van der Waals surface area (Å²) in [6.45, 7) is 3.16. The van der Waals surface area contributed by atoms with Crippen molar-refractivity contribution in [1.82, 2.24) is 0 Å². The van der Waals surface area contributed by atoms with Crippen molar-refractivity contribution in [3.05, 3.63) is 33.7 Å². The fraction of sp³-hybridized carbons (Fsp3) is 0.182. The molecule has 0 saturated heterocycles. The molecule has 0 spiro atoms. The number of hydrogen-bond acceptors (Lipinski definition) is 4. The van der Waals surface area contributed by atoms with Gasteiger partial charge in [-0.25, -0.2) is 0 Å². The van der Waals surface area contributed by atoms with Crippen LogP contribution in [0.25, 0.3) is 11.0 Å². The molecule has 0 aliphatic carbocycles. The Morgan fingerprint density at radius 1 is 1.20 bits per heavy atom. The van der Waals surface area contributed by atoms with Crippen molar-refractivity contribution in [3.63, 3.8) is 0 Å². The molecule has 4 heteroatoms. The summed E-state index contributed by atoms with van der Waals surface area (Å²) >= 11 is 0. The van der Waals surface area contributed by atoms with Crippen molar-refractivity contribution in [1.29, 1.82) is 0 Å². The highest BCUT2D eigenvalue weighted by Crippen LogP contribution is 2.32. The molecule has 0 amide bonds. The number of phenolic OH excluding ortho intramolecular Hbond substituents is 2. The molecule has 0 unspecified atom stereocenters. The van der Waals surface area contributed by atoms with Crippen molar-refractivity contribution < 1.29 is 14.6 Å². The predicted molar refractivity (Wildman–Crippen MR) is 55.3 cm³/mol. The summed E-state index contributed by atoms with van der Waals surface area (Å²) in [6, 6.07) is 2.64. The van der Waals surface area contributed by atoms with Gasteiger partial charge in [0.05, 0.1) is 0 Å². The summed E-state index contributed by atoms with van der Waals surface area (Å²) in [5.74, 6) is 0.127. The quantitative estimate of drug-likeness (QED) is 0.689. The van der Waals surface area contributed by atoms with Gasteiger partial charge in [0, 0.05) is 17.7 Å². The summed E-state index contributed by atoms with van der Waals surface area (Å²) in [6.07, 6.45) is 0. The largest absolute Gasteiger partial charge is 0.507 e. The molecule has 1 heterocycles. The fourth-order valence-electron chi connectivity index (χ4n) is 1.51. The van der Waals surface area contributed by atoms with Crippen LogP contribution in [-0.2, 0) is 0 Å². The van der Waals surface area contributed by atoms with E-state index in [1.165, 1.54) is 19.1 Å². The second-order valence-corrected chi connectivity index (χ2v) is 3.46. The summed E-state index contributed by atoms with van der Waals surface area (Å²) in [4.78, 5) is 11.6. The molecule has 1 aromatic heterocycles. The molecule has 15 heavy (non-hydrogen) atoms. The van der Waals surface area contributed by atoms with E-state index in [1.54, 1.807) is 6.92 Å². The Morgan fingerprint density at radius 2 is 1.87 bits per heavy atom. The Hall–Kier alpha value is -1.97. The zero-order valence-electron chi connectivity index (χ0n) is 8.37. The molecule has 0 aliphatic heterocycles. The van der Waals surface area contributed by atoms with Crippen LogP contribution in [-0.4, -0.2) is 10.2 Å². The van der Waals surface area contributed by atoms with Crippen LogP contribution >= 0.6 is 0 Å². The zero-order valence-corrected chi connectivity index (χ0v) is 8.37. The van der Waals surface area contributed by atoms with E-state index in [1.807, 2.05) is 0 Å².